The van der Waals surface area contributed by atoms with Gasteiger partial charge in [-0.3, -0.25) is 9.36 Å². The van der Waals surface area contributed by atoms with E-state index in [0.717, 1.165) is 40.1 Å². The third-order valence-corrected chi connectivity index (χ3v) is 5.86. The Morgan fingerprint density at radius 2 is 1.74 bits per heavy atom. The Bertz CT molecular complexity index is 1560. The average molecular weight is 449 g/mol. The van der Waals surface area contributed by atoms with Crippen LogP contribution in [0.2, 0.25) is 0 Å². The molecule has 0 saturated heterocycles. The molecule has 4 aromatic heterocycles. The summed E-state index contributed by atoms with van der Waals surface area (Å²) in [6.07, 6.45) is 7.60. The summed E-state index contributed by atoms with van der Waals surface area (Å²) in [5.74, 6) is 1.68. The van der Waals surface area contributed by atoms with Crippen molar-refractivity contribution in [3.63, 3.8) is 0 Å². The largest absolute Gasteiger partial charge is 0.362 e. The molecule has 8 heteroatoms. The highest BCUT2D eigenvalue weighted by Crippen LogP contribution is 2.21. The molecule has 8 nitrogen and oxygen atoms in total. The van der Waals surface area contributed by atoms with Crippen molar-refractivity contribution in [1.82, 2.24) is 34.5 Å². The van der Waals surface area contributed by atoms with Crippen molar-refractivity contribution in [2.45, 2.75) is 26.6 Å². The Labute approximate surface area is 196 Å². The summed E-state index contributed by atoms with van der Waals surface area (Å²) >= 11 is 0. The van der Waals surface area contributed by atoms with E-state index in [2.05, 4.69) is 68.7 Å². The van der Waals surface area contributed by atoms with Gasteiger partial charge in [0.05, 0.1) is 41.6 Å². The fourth-order valence-electron chi connectivity index (χ4n) is 4.16. The second-order valence-electron chi connectivity index (χ2n) is 8.50. The molecule has 34 heavy (non-hydrogen) atoms. The minimum atomic E-state index is 0.558. The number of nitrogens with zero attached hydrogens (tertiary/aromatic N) is 6. The fourth-order valence-corrected chi connectivity index (χ4v) is 4.16. The van der Waals surface area contributed by atoms with Crippen LogP contribution in [0.4, 0.5) is 5.82 Å². The molecule has 0 unspecified atom stereocenters. The summed E-state index contributed by atoms with van der Waals surface area (Å²) in [7, 11) is 0. The molecule has 4 heterocycles. The van der Waals surface area contributed by atoms with Gasteiger partial charge in [-0.25, -0.2) is 9.97 Å². The van der Waals surface area contributed by atoms with Gasteiger partial charge in [0.15, 0.2) is 0 Å². The first-order chi connectivity index (χ1) is 16.7. The van der Waals surface area contributed by atoms with E-state index in [1.807, 2.05) is 40.0 Å². The van der Waals surface area contributed by atoms with E-state index >= 15 is 0 Å². The molecule has 0 radical (unpaired) electrons. The van der Waals surface area contributed by atoms with Crippen molar-refractivity contribution in [2.75, 3.05) is 5.32 Å². The van der Waals surface area contributed by atoms with Crippen molar-refractivity contribution in [3.8, 4) is 0 Å². The summed E-state index contributed by atoms with van der Waals surface area (Å²) < 4.78 is 3.88. The number of aromatic nitrogens is 7. The third-order valence-electron chi connectivity index (χ3n) is 5.86. The van der Waals surface area contributed by atoms with Crippen LogP contribution in [0.25, 0.3) is 21.9 Å². The Hall–Kier alpha value is -4.46. The highest BCUT2D eigenvalue weighted by Gasteiger charge is 2.09. The molecule has 0 bridgehead atoms. The Morgan fingerprint density at radius 3 is 2.53 bits per heavy atom. The maximum absolute atomic E-state index is 4.75. The molecule has 6 rings (SSSR count). The number of H-pyrrole nitrogens is 1. The SMILES string of the molecule is Cc1ccc2nc(CNc3nccc4nn(Cc5ccc(Cn6cccn6)cc5)cc34)[nH]c2c1. The molecule has 0 fully saturated rings. The van der Waals surface area contributed by atoms with Gasteiger partial charge in [0, 0.05) is 24.8 Å². The quantitative estimate of drug-likeness (QED) is 0.375. The minimum absolute atomic E-state index is 0.558. The number of hydrogen-bond donors (Lipinski definition) is 2. The van der Waals surface area contributed by atoms with Crippen molar-refractivity contribution >= 4 is 27.8 Å². The molecule has 0 amide bonds. The molecule has 0 aliphatic heterocycles. The first kappa shape index (κ1) is 20.2. The number of fused-ring (bicyclic) bond motifs is 2. The Morgan fingerprint density at radius 1 is 0.912 bits per heavy atom. The van der Waals surface area contributed by atoms with Crippen LogP contribution < -0.4 is 5.32 Å². The number of rotatable bonds is 7. The zero-order valence-electron chi connectivity index (χ0n) is 18.8. The Balaban J connectivity index is 1.17. The fraction of sp³-hybridized carbons (Fsp3) is 0.154. The van der Waals surface area contributed by atoms with Crippen LogP contribution in [0, 0.1) is 6.92 Å². The van der Waals surface area contributed by atoms with Gasteiger partial charge in [0.25, 0.3) is 0 Å². The number of nitrogens with one attached hydrogen (secondary N) is 2. The van der Waals surface area contributed by atoms with E-state index in [9.17, 15) is 0 Å². The van der Waals surface area contributed by atoms with Crippen LogP contribution >= 0.6 is 0 Å². The molecule has 0 aliphatic rings. The number of aromatic amines is 1. The maximum atomic E-state index is 4.75. The second-order valence-corrected chi connectivity index (χ2v) is 8.50. The minimum Gasteiger partial charge on any atom is -0.362 e. The molecular formula is C26H24N8. The lowest BCUT2D eigenvalue weighted by Crippen LogP contribution is -2.03. The standard InChI is InChI=1S/C26H24N8/c1-18-3-8-23-24(13-18)31-25(30-23)14-28-26-21-17-34(32-22(21)9-11-27-26)16-20-6-4-19(5-7-20)15-33-12-2-10-29-33/h2-13,17H,14-16H2,1H3,(H,27,28)(H,30,31). The smallest absolute Gasteiger partial charge is 0.137 e. The summed E-state index contributed by atoms with van der Waals surface area (Å²) in [4.78, 5) is 12.6. The summed E-state index contributed by atoms with van der Waals surface area (Å²) in [6.45, 7) is 4.10. The van der Waals surface area contributed by atoms with Gasteiger partial charge in [0.2, 0.25) is 0 Å². The molecule has 6 aromatic rings. The van der Waals surface area contributed by atoms with Crippen molar-refractivity contribution in [2.24, 2.45) is 0 Å². The maximum Gasteiger partial charge on any atom is 0.137 e. The van der Waals surface area contributed by atoms with Crippen LogP contribution in [0.1, 0.15) is 22.5 Å². The van der Waals surface area contributed by atoms with Crippen LogP contribution in [-0.2, 0) is 19.6 Å². The molecular weight excluding hydrogens is 424 g/mol. The number of hydrogen-bond acceptors (Lipinski definition) is 5. The van der Waals surface area contributed by atoms with Crippen molar-refractivity contribution < 1.29 is 0 Å². The topological polar surface area (TPSA) is 89.2 Å². The van der Waals surface area contributed by atoms with E-state index < -0.39 is 0 Å². The molecule has 168 valence electrons. The highest BCUT2D eigenvalue weighted by molar-refractivity contribution is 5.88. The van der Waals surface area contributed by atoms with Crippen molar-refractivity contribution in [3.05, 3.63) is 102 Å². The second kappa shape index (κ2) is 8.47. The van der Waals surface area contributed by atoms with Crippen LogP contribution in [0.15, 0.2) is 79.4 Å². The number of imidazole rings is 1. The average Bonchev–Trinajstić information content (AvgIpc) is 3.58. The van der Waals surface area contributed by atoms with Crippen LogP contribution in [0.3, 0.4) is 0 Å². The van der Waals surface area contributed by atoms with E-state index in [1.165, 1.54) is 16.7 Å². The summed E-state index contributed by atoms with van der Waals surface area (Å²) in [5.41, 5.74) is 6.55. The zero-order chi connectivity index (χ0) is 22.9. The molecule has 0 spiro atoms. The number of aryl methyl sites for hydroxylation is 1. The molecule has 2 aromatic carbocycles. The van der Waals surface area contributed by atoms with Crippen LogP contribution in [0.5, 0.6) is 0 Å². The van der Waals surface area contributed by atoms with E-state index in [0.29, 0.717) is 13.1 Å². The Kier molecular flexibility index (Phi) is 5.03. The van der Waals surface area contributed by atoms with Gasteiger partial charge in [-0.1, -0.05) is 30.3 Å². The lowest BCUT2D eigenvalue weighted by molar-refractivity contribution is 0.682. The lowest BCUT2D eigenvalue weighted by atomic mass is 10.1. The predicted octanol–water partition coefficient (Wildman–Crippen LogP) is 4.52. The normalized spacial score (nSPS) is 11.4. The van der Waals surface area contributed by atoms with Gasteiger partial charge in [0.1, 0.15) is 11.6 Å². The number of anilines is 1. The molecule has 0 saturated carbocycles. The van der Waals surface area contributed by atoms with E-state index in [4.69, 9.17) is 5.10 Å². The third kappa shape index (κ3) is 4.13. The summed E-state index contributed by atoms with van der Waals surface area (Å²) in [6, 6.07) is 18.7. The van der Waals surface area contributed by atoms with Gasteiger partial charge in [-0.15, -0.1) is 0 Å². The number of pyridine rings is 1. The highest BCUT2D eigenvalue weighted by atomic mass is 15.3. The van der Waals surface area contributed by atoms with Gasteiger partial charge in [-0.2, -0.15) is 10.2 Å². The van der Waals surface area contributed by atoms with Gasteiger partial charge < -0.3 is 10.3 Å². The van der Waals surface area contributed by atoms with Crippen molar-refractivity contribution in [1.29, 1.82) is 0 Å². The van der Waals surface area contributed by atoms with Crippen LogP contribution in [-0.4, -0.2) is 34.5 Å². The molecule has 0 atom stereocenters. The predicted molar refractivity (Wildman–Crippen MR) is 133 cm³/mol. The first-order valence-electron chi connectivity index (χ1n) is 11.3. The summed E-state index contributed by atoms with van der Waals surface area (Å²) in [5, 5.41) is 13.4. The zero-order valence-corrected chi connectivity index (χ0v) is 18.8. The first-order valence-corrected chi connectivity index (χ1v) is 11.3. The lowest BCUT2D eigenvalue weighted by Gasteiger charge is -2.05. The van der Waals surface area contributed by atoms with E-state index in [1.54, 1.807) is 12.4 Å². The van der Waals surface area contributed by atoms with E-state index in [-0.39, 0.29) is 0 Å². The molecule has 0 aliphatic carbocycles. The van der Waals surface area contributed by atoms with Gasteiger partial charge in [-0.05, 0) is 47.9 Å². The molecule has 2 N–H and O–H groups in total. The monoisotopic (exact) mass is 448 g/mol. The number of benzene rings is 2. The van der Waals surface area contributed by atoms with Gasteiger partial charge >= 0.3 is 0 Å².